The molecule has 0 aromatic heterocycles. The maximum atomic E-state index is 2.37. The molecule has 228 valence electrons. The summed E-state index contributed by atoms with van der Waals surface area (Å²) in [6.07, 6.45) is 33.6. The molecule has 0 aliphatic heterocycles. The van der Waals surface area contributed by atoms with Gasteiger partial charge in [-0.15, -0.1) is 0 Å². The normalized spacial score (nSPS) is 12.1. The van der Waals surface area contributed by atoms with E-state index >= 15 is 0 Å². The molecule has 0 unspecified atom stereocenters. The van der Waals surface area contributed by atoms with Gasteiger partial charge in [0.1, 0.15) is 13.1 Å². The van der Waals surface area contributed by atoms with E-state index in [1.54, 1.807) is 0 Å². The molecule has 2 aromatic rings. The van der Waals surface area contributed by atoms with Gasteiger partial charge in [0.2, 0.25) is 0 Å². The van der Waals surface area contributed by atoms with Crippen molar-refractivity contribution in [2.45, 2.75) is 143 Å². The van der Waals surface area contributed by atoms with E-state index in [0.717, 1.165) is 13.1 Å². The van der Waals surface area contributed by atoms with Gasteiger partial charge in [-0.1, -0.05) is 150 Å². The number of nitrogens with zero attached hydrogens (tertiary/aromatic N) is 1. The summed E-state index contributed by atoms with van der Waals surface area (Å²) in [6, 6.07) is 22.6. The van der Waals surface area contributed by atoms with Gasteiger partial charge >= 0.3 is 0 Å². The molecule has 0 bridgehead atoms. The number of hydrogen-bond acceptors (Lipinski definition) is 0. The number of rotatable bonds is 26. The molecule has 0 saturated carbocycles. The van der Waals surface area contributed by atoms with Crippen molar-refractivity contribution in [2.75, 3.05) is 13.1 Å². The predicted molar refractivity (Wildman–Crippen MR) is 183 cm³/mol. The molecule has 0 aliphatic carbocycles. The number of unbranched alkanes of at least 4 members (excludes halogenated alkanes) is 14. The summed E-state index contributed by atoms with van der Waals surface area (Å²) < 4.78 is 1.21. The Bertz CT molecular complexity index is 806. The molecule has 0 fully saturated rings. The summed E-state index contributed by atoms with van der Waals surface area (Å²) in [5.41, 5.74) is 3.00. The van der Waals surface area contributed by atoms with E-state index < -0.39 is 0 Å². The van der Waals surface area contributed by atoms with Crippen LogP contribution in [0.4, 0.5) is 0 Å². The maximum absolute atomic E-state index is 2.37. The van der Waals surface area contributed by atoms with E-state index in [2.05, 4.69) is 98.8 Å². The van der Waals surface area contributed by atoms with Crippen molar-refractivity contribution in [3.8, 4) is 0 Å². The van der Waals surface area contributed by atoms with Crippen molar-refractivity contribution in [1.29, 1.82) is 0 Å². The molecule has 1 heteroatoms. The van der Waals surface area contributed by atoms with Gasteiger partial charge in [0.15, 0.2) is 0 Å². The Labute approximate surface area is 255 Å². The van der Waals surface area contributed by atoms with Crippen molar-refractivity contribution in [3.63, 3.8) is 0 Å². The summed E-state index contributed by atoms with van der Waals surface area (Å²) in [4.78, 5) is 0. The Morgan fingerprint density at radius 2 is 0.756 bits per heavy atom. The highest BCUT2D eigenvalue weighted by Crippen LogP contribution is 2.24. The lowest BCUT2D eigenvalue weighted by atomic mass is 10.0. The molecule has 0 heterocycles. The number of quaternary nitrogens is 1. The Kier molecular flexibility index (Phi) is 20.9. The third-order valence-corrected chi connectivity index (χ3v) is 8.53. The van der Waals surface area contributed by atoms with Crippen LogP contribution in [-0.2, 0) is 13.1 Å². The van der Waals surface area contributed by atoms with Crippen LogP contribution in [0, 0.1) is 0 Å². The Hall–Kier alpha value is -2.12. The van der Waals surface area contributed by atoms with E-state index in [0.29, 0.717) is 0 Å². The minimum Gasteiger partial charge on any atom is -0.316 e. The highest BCUT2D eigenvalue weighted by atomic mass is 15.3. The molecule has 41 heavy (non-hydrogen) atoms. The topological polar surface area (TPSA) is 0 Å². The highest BCUT2D eigenvalue weighted by Gasteiger charge is 2.27. The molecule has 0 spiro atoms. The second-order valence-corrected chi connectivity index (χ2v) is 12.4. The van der Waals surface area contributed by atoms with Gasteiger partial charge in [-0.2, -0.15) is 0 Å². The van der Waals surface area contributed by atoms with Crippen molar-refractivity contribution in [1.82, 2.24) is 0 Å². The molecule has 0 saturated heterocycles. The molecular weight excluding hydrogens is 494 g/mol. The SMILES string of the molecule is CC/C=C/CCCCCCCCC[N+](CCCCCCCCC/C=C/CC)(Cc1ccccc1)Cc1ccccc1. The van der Waals surface area contributed by atoms with Gasteiger partial charge in [-0.05, 0) is 64.2 Å². The van der Waals surface area contributed by atoms with Crippen LogP contribution in [0.15, 0.2) is 85.0 Å². The Balaban J connectivity index is 1.86. The molecule has 0 radical (unpaired) electrons. The van der Waals surface area contributed by atoms with Gasteiger partial charge in [0.25, 0.3) is 0 Å². The smallest absolute Gasteiger partial charge is 0.105 e. The van der Waals surface area contributed by atoms with Gasteiger partial charge < -0.3 is 4.48 Å². The summed E-state index contributed by atoms with van der Waals surface area (Å²) in [7, 11) is 0. The minimum atomic E-state index is 1.16. The molecule has 0 amide bonds. The van der Waals surface area contributed by atoms with E-state index in [1.165, 1.54) is 144 Å². The van der Waals surface area contributed by atoms with Crippen LogP contribution in [0.3, 0.4) is 0 Å². The summed E-state index contributed by atoms with van der Waals surface area (Å²) in [5, 5.41) is 0. The lowest BCUT2D eigenvalue weighted by Gasteiger charge is -2.39. The number of hydrogen-bond donors (Lipinski definition) is 0. The zero-order valence-electron chi connectivity index (χ0n) is 27.1. The van der Waals surface area contributed by atoms with E-state index in [1.807, 2.05) is 0 Å². The summed E-state index contributed by atoms with van der Waals surface area (Å²) >= 11 is 0. The third-order valence-electron chi connectivity index (χ3n) is 8.53. The largest absolute Gasteiger partial charge is 0.316 e. The van der Waals surface area contributed by atoms with E-state index in [4.69, 9.17) is 0 Å². The molecular formula is C40H64N+. The summed E-state index contributed by atoms with van der Waals surface area (Å²) in [5.74, 6) is 0. The fraction of sp³-hybridized carbons (Fsp3) is 0.600. The molecule has 2 rings (SSSR count). The Morgan fingerprint density at radius 3 is 1.12 bits per heavy atom. The van der Waals surface area contributed by atoms with Crippen molar-refractivity contribution < 1.29 is 4.48 Å². The highest BCUT2D eigenvalue weighted by molar-refractivity contribution is 5.15. The minimum absolute atomic E-state index is 1.16. The van der Waals surface area contributed by atoms with Crippen molar-refractivity contribution in [2.24, 2.45) is 0 Å². The molecule has 0 aliphatic rings. The van der Waals surface area contributed by atoms with Crippen LogP contribution < -0.4 is 0 Å². The average molecular weight is 559 g/mol. The molecule has 2 aromatic carbocycles. The average Bonchev–Trinajstić information content (AvgIpc) is 3.00. The third kappa shape index (κ3) is 18.1. The monoisotopic (exact) mass is 559 g/mol. The van der Waals surface area contributed by atoms with Crippen LogP contribution in [-0.4, -0.2) is 17.6 Å². The van der Waals surface area contributed by atoms with Gasteiger partial charge in [0.05, 0.1) is 13.1 Å². The second-order valence-electron chi connectivity index (χ2n) is 12.4. The first kappa shape index (κ1) is 35.1. The van der Waals surface area contributed by atoms with Gasteiger partial charge in [-0.3, -0.25) is 0 Å². The van der Waals surface area contributed by atoms with Crippen molar-refractivity contribution in [3.05, 3.63) is 96.1 Å². The first-order valence-corrected chi connectivity index (χ1v) is 17.5. The lowest BCUT2D eigenvalue weighted by molar-refractivity contribution is -0.954. The quantitative estimate of drug-likeness (QED) is 0.0612. The molecule has 0 atom stereocenters. The predicted octanol–water partition coefficient (Wildman–Crippen LogP) is 12.4. The Morgan fingerprint density at radius 1 is 0.415 bits per heavy atom. The fourth-order valence-corrected chi connectivity index (χ4v) is 6.18. The van der Waals surface area contributed by atoms with Crippen LogP contribution in [0.25, 0.3) is 0 Å². The van der Waals surface area contributed by atoms with E-state index in [-0.39, 0.29) is 0 Å². The molecule has 1 nitrogen and oxygen atoms in total. The zero-order chi connectivity index (χ0) is 29.1. The van der Waals surface area contributed by atoms with Crippen molar-refractivity contribution >= 4 is 0 Å². The summed E-state index contributed by atoms with van der Waals surface area (Å²) in [6.45, 7) is 9.37. The van der Waals surface area contributed by atoms with Gasteiger partial charge in [0, 0.05) is 11.1 Å². The fourth-order valence-electron chi connectivity index (χ4n) is 6.18. The lowest BCUT2D eigenvalue weighted by Crippen LogP contribution is -2.48. The first-order chi connectivity index (χ1) is 20.3. The van der Waals surface area contributed by atoms with Crippen LogP contribution >= 0.6 is 0 Å². The number of benzene rings is 2. The standard InChI is InChI=1S/C40H64N/c1-3-5-7-9-11-13-15-17-19-21-29-35-41(37-39-31-25-23-26-32-39,38-40-33-27-24-28-34-40)36-30-22-20-18-16-14-12-10-8-6-4-2/h5-8,23-28,31-34H,3-4,9-22,29-30,35-38H2,1-2H3/q+1/b7-5+,8-6+. The van der Waals surface area contributed by atoms with Crippen LogP contribution in [0.5, 0.6) is 0 Å². The first-order valence-electron chi connectivity index (χ1n) is 17.5. The van der Waals surface area contributed by atoms with Crippen LogP contribution in [0.1, 0.15) is 141 Å². The maximum Gasteiger partial charge on any atom is 0.105 e. The van der Waals surface area contributed by atoms with Crippen LogP contribution in [0.2, 0.25) is 0 Å². The molecule has 0 N–H and O–H groups in total. The van der Waals surface area contributed by atoms with Gasteiger partial charge in [-0.25, -0.2) is 0 Å². The number of allylic oxidation sites excluding steroid dienone is 4. The van der Waals surface area contributed by atoms with E-state index in [9.17, 15) is 0 Å². The zero-order valence-corrected chi connectivity index (χ0v) is 27.1. The second kappa shape index (κ2) is 24.5.